The molecular formula is C19H25N4O5S3+. The lowest BCUT2D eigenvalue weighted by Gasteiger charge is -2.32. The maximum atomic E-state index is 13.0. The van der Waals surface area contributed by atoms with Gasteiger partial charge in [-0.25, -0.2) is 18.2 Å². The van der Waals surface area contributed by atoms with E-state index in [0.717, 1.165) is 56.4 Å². The Morgan fingerprint density at radius 1 is 1.19 bits per heavy atom. The fourth-order valence-electron chi connectivity index (χ4n) is 3.27. The molecule has 31 heavy (non-hydrogen) atoms. The van der Waals surface area contributed by atoms with E-state index < -0.39 is 26.3 Å². The second-order valence-corrected chi connectivity index (χ2v) is 13.3. The molecule has 2 fully saturated rings. The van der Waals surface area contributed by atoms with Gasteiger partial charge in [0.15, 0.2) is 19.8 Å². The summed E-state index contributed by atoms with van der Waals surface area (Å²) < 4.78 is 44.4. The molecule has 1 aromatic carbocycles. The second-order valence-electron chi connectivity index (χ2n) is 7.69. The van der Waals surface area contributed by atoms with Crippen LogP contribution >= 0.6 is 21.9 Å². The smallest absolute Gasteiger partial charge is 0.296 e. The number of sulfone groups is 1. The van der Waals surface area contributed by atoms with Crippen molar-refractivity contribution in [2.24, 2.45) is 5.10 Å². The first-order valence-corrected chi connectivity index (χ1v) is 14.2. The molecule has 1 saturated carbocycles. The SMILES string of the molecule is CS(=O)(=O)c1c[nH+]c(NC(=O)/C(=N/N2CCCC2)c2ccc(S(O)(O)C3CC3)cc2)s1. The second kappa shape index (κ2) is 8.51. The number of hydrogen-bond donors (Lipinski definition) is 3. The summed E-state index contributed by atoms with van der Waals surface area (Å²) in [6.07, 6.45) is 6.05. The molecule has 4 N–H and O–H groups in total. The zero-order valence-electron chi connectivity index (χ0n) is 16.9. The van der Waals surface area contributed by atoms with E-state index >= 15 is 0 Å². The molecule has 0 bridgehead atoms. The number of rotatable bonds is 7. The van der Waals surface area contributed by atoms with Crippen LogP contribution in [0.4, 0.5) is 5.13 Å². The third-order valence-electron chi connectivity index (χ3n) is 5.12. The minimum atomic E-state index is -3.38. The first kappa shape index (κ1) is 22.2. The molecule has 1 saturated heterocycles. The number of nitrogens with zero attached hydrogens (tertiary/aromatic N) is 2. The van der Waals surface area contributed by atoms with Crippen LogP contribution in [-0.4, -0.2) is 58.7 Å². The van der Waals surface area contributed by atoms with Crippen molar-refractivity contribution in [3.8, 4) is 0 Å². The molecule has 0 atom stereocenters. The molecule has 0 radical (unpaired) electrons. The highest BCUT2D eigenvalue weighted by Crippen LogP contribution is 2.61. The van der Waals surface area contributed by atoms with Crippen LogP contribution in [0.5, 0.6) is 0 Å². The normalized spacial score (nSPS) is 18.3. The summed E-state index contributed by atoms with van der Waals surface area (Å²) in [5.41, 5.74) is 0.720. The van der Waals surface area contributed by atoms with Gasteiger partial charge in [-0.3, -0.25) is 14.1 Å². The molecule has 0 spiro atoms. The summed E-state index contributed by atoms with van der Waals surface area (Å²) in [7, 11) is -6.20. The number of H-pyrrole nitrogens is 1. The molecule has 1 aliphatic heterocycles. The summed E-state index contributed by atoms with van der Waals surface area (Å²) in [5, 5.41) is 9.26. The highest BCUT2D eigenvalue weighted by molar-refractivity contribution is 8.25. The maximum Gasteiger partial charge on any atom is 0.360 e. The van der Waals surface area contributed by atoms with E-state index in [-0.39, 0.29) is 15.2 Å². The maximum absolute atomic E-state index is 13.0. The summed E-state index contributed by atoms with van der Waals surface area (Å²) >= 11 is 0.933. The minimum absolute atomic E-state index is 0.0854. The molecule has 2 aromatic rings. The number of aromatic amines is 1. The fourth-order valence-corrected chi connectivity index (χ4v) is 6.69. The lowest BCUT2D eigenvalue weighted by molar-refractivity contribution is -0.356. The van der Waals surface area contributed by atoms with Gasteiger partial charge in [0.1, 0.15) is 6.20 Å². The van der Waals surface area contributed by atoms with Gasteiger partial charge in [-0.1, -0.05) is 12.1 Å². The Hall–Kier alpha value is -1.99. The summed E-state index contributed by atoms with van der Waals surface area (Å²) in [6, 6.07) is 6.60. The van der Waals surface area contributed by atoms with Gasteiger partial charge in [-0.05, 0) is 49.2 Å². The minimum Gasteiger partial charge on any atom is -0.296 e. The van der Waals surface area contributed by atoms with Crippen LogP contribution in [0.1, 0.15) is 31.2 Å². The standard InChI is InChI=1S/C19H24N4O5S3/c1-30(25,26)16-12-20-19(29-16)21-18(24)17(22-23-10-2-3-11-23)13-4-6-14(7-5-13)31(27,28)15-8-9-15/h4-7,12,15,27-28H,2-3,8-11H2,1H3,(H,20,21,24)/p+1/b22-17+. The van der Waals surface area contributed by atoms with Gasteiger partial charge in [-0.2, -0.15) is 21.0 Å². The lowest BCUT2D eigenvalue weighted by Crippen LogP contribution is -2.29. The Labute approximate surface area is 186 Å². The monoisotopic (exact) mass is 485 g/mol. The predicted octanol–water partition coefficient (Wildman–Crippen LogP) is 2.68. The van der Waals surface area contributed by atoms with E-state index in [0.29, 0.717) is 15.6 Å². The van der Waals surface area contributed by atoms with Crippen LogP contribution in [0.15, 0.2) is 44.7 Å². The van der Waals surface area contributed by atoms with Crippen molar-refractivity contribution in [2.75, 3.05) is 24.7 Å². The first-order valence-electron chi connectivity index (χ1n) is 9.88. The number of thiazole rings is 1. The number of carbonyl (C=O) groups is 1. The average Bonchev–Trinajstić information content (AvgIpc) is 3.26. The molecule has 1 aromatic heterocycles. The highest BCUT2D eigenvalue weighted by Gasteiger charge is 2.37. The molecule has 2 aliphatic rings. The van der Waals surface area contributed by atoms with Gasteiger partial charge in [-0.15, -0.1) is 0 Å². The topological polar surface area (TPSA) is 133 Å². The number of amides is 1. The van der Waals surface area contributed by atoms with E-state index in [9.17, 15) is 22.3 Å². The van der Waals surface area contributed by atoms with Crippen LogP contribution in [0.25, 0.3) is 0 Å². The van der Waals surface area contributed by atoms with Crippen molar-refractivity contribution in [2.45, 2.75) is 40.0 Å². The third kappa shape index (κ3) is 5.09. The number of nitrogens with one attached hydrogen (secondary N) is 2. The Morgan fingerprint density at radius 2 is 1.84 bits per heavy atom. The Balaban J connectivity index is 1.60. The number of carbonyl (C=O) groups excluding carboxylic acids is 1. The average molecular weight is 486 g/mol. The lowest BCUT2D eigenvalue weighted by atomic mass is 10.1. The summed E-state index contributed by atoms with van der Waals surface area (Å²) in [5.74, 6) is -0.480. The van der Waals surface area contributed by atoms with Crippen molar-refractivity contribution in [1.29, 1.82) is 0 Å². The van der Waals surface area contributed by atoms with Crippen molar-refractivity contribution in [3.05, 3.63) is 36.0 Å². The molecule has 4 rings (SSSR count). The van der Waals surface area contributed by atoms with Crippen LogP contribution in [0.2, 0.25) is 0 Å². The number of hydrogen-bond acceptors (Lipinski definition) is 8. The molecule has 0 unspecified atom stereocenters. The van der Waals surface area contributed by atoms with Crippen LogP contribution < -0.4 is 10.3 Å². The van der Waals surface area contributed by atoms with Gasteiger partial charge < -0.3 is 0 Å². The van der Waals surface area contributed by atoms with Gasteiger partial charge in [0.25, 0.3) is 0 Å². The van der Waals surface area contributed by atoms with E-state index in [2.05, 4.69) is 15.4 Å². The Morgan fingerprint density at radius 3 is 2.39 bits per heavy atom. The van der Waals surface area contributed by atoms with Crippen LogP contribution in [-0.2, 0) is 14.6 Å². The van der Waals surface area contributed by atoms with Gasteiger partial charge >= 0.3 is 11.0 Å². The summed E-state index contributed by atoms with van der Waals surface area (Å²) in [4.78, 5) is 16.3. The van der Waals surface area contributed by atoms with Gasteiger partial charge in [0, 0.05) is 24.9 Å². The molecule has 168 valence electrons. The molecule has 9 nitrogen and oxygen atoms in total. The molecule has 1 amide bonds. The zero-order valence-corrected chi connectivity index (χ0v) is 19.4. The van der Waals surface area contributed by atoms with E-state index in [1.54, 1.807) is 24.3 Å². The van der Waals surface area contributed by atoms with Crippen LogP contribution in [0, 0.1) is 0 Å². The number of hydrazone groups is 1. The number of aromatic nitrogens is 1. The third-order valence-corrected chi connectivity index (χ3v) is 10.2. The molecule has 1 aliphatic carbocycles. The molecule has 2 heterocycles. The highest BCUT2D eigenvalue weighted by atomic mass is 32.3. The largest absolute Gasteiger partial charge is 0.360 e. The zero-order chi connectivity index (χ0) is 22.2. The Kier molecular flexibility index (Phi) is 6.10. The predicted molar refractivity (Wildman–Crippen MR) is 121 cm³/mol. The van der Waals surface area contributed by atoms with Gasteiger partial charge in [0.05, 0.1) is 10.1 Å². The van der Waals surface area contributed by atoms with E-state index in [4.69, 9.17) is 0 Å². The van der Waals surface area contributed by atoms with Crippen molar-refractivity contribution in [1.82, 2.24) is 5.01 Å². The van der Waals surface area contributed by atoms with Crippen molar-refractivity contribution in [3.63, 3.8) is 0 Å². The van der Waals surface area contributed by atoms with E-state index in [1.807, 2.05) is 5.01 Å². The first-order chi connectivity index (χ1) is 14.6. The van der Waals surface area contributed by atoms with E-state index in [1.165, 1.54) is 6.20 Å². The quantitative estimate of drug-likeness (QED) is 0.516. The van der Waals surface area contributed by atoms with Crippen molar-refractivity contribution < 1.29 is 27.3 Å². The summed E-state index contributed by atoms with van der Waals surface area (Å²) in [6.45, 7) is 1.50. The molecule has 12 heteroatoms. The number of benzene rings is 1. The number of anilines is 1. The fraction of sp³-hybridized carbons (Fsp3) is 0.421. The molecular weight excluding hydrogens is 460 g/mol. The van der Waals surface area contributed by atoms with Gasteiger partial charge in [0.2, 0.25) is 0 Å². The van der Waals surface area contributed by atoms with Crippen molar-refractivity contribution >= 4 is 48.5 Å². The van der Waals surface area contributed by atoms with Crippen LogP contribution in [0.3, 0.4) is 0 Å². The Bertz CT molecular complexity index is 1100.